The number of nitrogens with zero attached hydrogens (tertiary/aromatic N) is 1. The van der Waals surface area contributed by atoms with Crippen LogP contribution in [-0.4, -0.2) is 30.8 Å². The van der Waals surface area contributed by atoms with Gasteiger partial charge in [-0.1, -0.05) is 13.8 Å². The predicted molar refractivity (Wildman–Crippen MR) is 60.3 cm³/mol. The van der Waals surface area contributed by atoms with E-state index in [0.717, 1.165) is 19.4 Å². The average molecular weight is 201 g/mol. The van der Waals surface area contributed by atoms with Gasteiger partial charge < -0.3 is 16.2 Å². The molecule has 4 N–H and O–H groups in total. The number of aliphatic hydroxyl groups is 1. The maximum absolute atomic E-state index is 9.29. The molecule has 0 rings (SSSR count). The van der Waals surface area contributed by atoms with Gasteiger partial charge in [0.2, 0.25) is 0 Å². The van der Waals surface area contributed by atoms with E-state index in [1.807, 2.05) is 6.92 Å². The summed E-state index contributed by atoms with van der Waals surface area (Å²) in [7, 11) is 0. The third-order valence-corrected chi connectivity index (χ3v) is 2.78. The number of nitrogens with two attached hydrogens (primary N) is 1. The van der Waals surface area contributed by atoms with Crippen LogP contribution in [0.25, 0.3) is 0 Å². The van der Waals surface area contributed by atoms with E-state index >= 15 is 0 Å². The fraction of sp³-hybridized carbons (Fsp3) is 0.900. The van der Waals surface area contributed by atoms with E-state index in [-0.39, 0.29) is 12.0 Å². The number of guanidine groups is 1. The number of hydrogen-bond acceptors (Lipinski definition) is 2. The highest BCUT2D eigenvalue weighted by Crippen LogP contribution is 2.25. The van der Waals surface area contributed by atoms with Gasteiger partial charge in [-0.15, -0.1) is 0 Å². The van der Waals surface area contributed by atoms with Crippen molar-refractivity contribution in [3.8, 4) is 0 Å². The van der Waals surface area contributed by atoms with Crippen molar-refractivity contribution in [3.05, 3.63) is 0 Å². The van der Waals surface area contributed by atoms with Gasteiger partial charge in [0.15, 0.2) is 5.96 Å². The zero-order valence-electron chi connectivity index (χ0n) is 9.51. The van der Waals surface area contributed by atoms with Crippen molar-refractivity contribution in [2.24, 2.45) is 16.1 Å². The fourth-order valence-electron chi connectivity index (χ4n) is 1.24. The topological polar surface area (TPSA) is 70.6 Å². The average Bonchev–Trinajstić information content (AvgIpc) is 2.21. The fourth-order valence-corrected chi connectivity index (χ4v) is 1.24. The largest absolute Gasteiger partial charge is 0.396 e. The number of rotatable bonds is 6. The number of hydrogen-bond donors (Lipinski definition) is 3. The van der Waals surface area contributed by atoms with Crippen LogP contribution in [0.15, 0.2) is 4.99 Å². The molecule has 0 saturated heterocycles. The molecule has 0 unspecified atom stereocenters. The second-order valence-electron chi connectivity index (χ2n) is 3.60. The van der Waals surface area contributed by atoms with Crippen molar-refractivity contribution in [3.63, 3.8) is 0 Å². The Kier molecular flexibility index (Phi) is 6.28. The Bertz CT molecular complexity index is 168. The first kappa shape index (κ1) is 13.2. The van der Waals surface area contributed by atoms with Crippen LogP contribution in [0.5, 0.6) is 0 Å². The minimum absolute atomic E-state index is 0.0972. The molecule has 0 aromatic rings. The predicted octanol–water partition coefficient (Wildman–Crippen LogP) is 0.709. The highest BCUT2D eigenvalue weighted by molar-refractivity contribution is 5.77. The van der Waals surface area contributed by atoms with Crippen LogP contribution in [0.3, 0.4) is 0 Å². The summed E-state index contributed by atoms with van der Waals surface area (Å²) in [6, 6.07) is 0. The molecule has 0 amide bonds. The Labute approximate surface area is 86.6 Å². The van der Waals surface area contributed by atoms with Gasteiger partial charge in [0.05, 0.1) is 13.2 Å². The Morgan fingerprint density at radius 3 is 2.29 bits per heavy atom. The molecule has 0 aliphatic carbocycles. The lowest BCUT2D eigenvalue weighted by Crippen LogP contribution is -2.34. The van der Waals surface area contributed by atoms with Crippen LogP contribution in [0.1, 0.15) is 33.6 Å². The maximum Gasteiger partial charge on any atom is 0.188 e. The Morgan fingerprint density at radius 1 is 1.36 bits per heavy atom. The van der Waals surface area contributed by atoms with E-state index in [2.05, 4.69) is 24.2 Å². The monoisotopic (exact) mass is 201 g/mol. The normalized spacial score (nSPS) is 13.0. The first-order valence-electron chi connectivity index (χ1n) is 5.28. The zero-order valence-corrected chi connectivity index (χ0v) is 9.51. The lowest BCUT2D eigenvalue weighted by Gasteiger charge is -2.27. The summed E-state index contributed by atoms with van der Waals surface area (Å²) in [6.07, 6.45) is 1.84. The van der Waals surface area contributed by atoms with E-state index in [4.69, 9.17) is 5.73 Å². The minimum atomic E-state index is -0.0972. The highest BCUT2D eigenvalue weighted by atomic mass is 16.3. The van der Waals surface area contributed by atoms with Gasteiger partial charge in [-0.05, 0) is 19.8 Å². The summed E-state index contributed by atoms with van der Waals surface area (Å²) in [5, 5.41) is 12.2. The van der Waals surface area contributed by atoms with Crippen molar-refractivity contribution >= 4 is 5.96 Å². The quantitative estimate of drug-likeness (QED) is 0.438. The van der Waals surface area contributed by atoms with Crippen molar-refractivity contribution in [1.82, 2.24) is 5.32 Å². The van der Waals surface area contributed by atoms with Crippen LogP contribution in [-0.2, 0) is 0 Å². The molecule has 0 radical (unpaired) electrons. The van der Waals surface area contributed by atoms with E-state index in [0.29, 0.717) is 12.5 Å². The minimum Gasteiger partial charge on any atom is -0.396 e. The molecule has 14 heavy (non-hydrogen) atoms. The highest BCUT2D eigenvalue weighted by Gasteiger charge is 2.24. The third kappa shape index (κ3) is 3.96. The molecule has 0 heterocycles. The molecule has 0 aliphatic rings. The Morgan fingerprint density at radius 2 is 1.93 bits per heavy atom. The second-order valence-corrected chi connectivity index (χ2v) is 3.60. The zero-order chi connectivity index (χ0) is 11.0. The van der Waals surface area contributed by atoms with Gasteiger partial charge in [-0.2, -0.15) is 0 Å². The standard InChI is InChI=1S/C10H23N3O/c1-4-10(5-2,8-14)7-13-9(11)12-6-3/h14H,4-8H2,1-3H3,(H3,11,12,13). The summed E-state index contributed by atoms with van der Waals surface area (Å²) >= 11 is 0. The van der Waals surface area contributed by atoms with Gasteiger partial charge in [-0.25, -0.2) is 0 Å². The van der Waals surface area contributed by atoms with E-state index in [9.17, 15) is 5.11 Å². The third-order valence-electron chi connectivity index (χ3n) is 2.78. The molecule has 84 valence electrons. The summed E-state index contributed by atoms with van der Waals surface area (Å²) in [6.45, 7) is 7.65. The molecular weight excluding hydrogens is 178 g/mol. The summed E-state index contributed by atoms with van der Waals surface area (Å²) < 4.78 is 0. The molecule has 0 aliphatic heterocycles. The first-order chi connectivity index (χ1) is 6.64. The SMILES string of the molecule is CCNC(N)=NCC(CC)(CC)CO. The molecular formula is C10H23N3O. The van der Waals surface area contributed by atoms with Crippen LogP contribution < -0.4 is 11.1 Å². The molecule has 0 saturated carbocycles. The molecule has 0 bridgehead atoms. The van der Waals surface area contributed by atoms with Gasteiger partial charge in [0.1, 0.15) is 0 Å². The first-order valence-corrected chi connectivity index (χ1v) is 5.28. The molecule has 0 aromatic carbocycles. The maximum atomic E-state index is 9.29. The second kappa shape index (κ2) is 6.65. The summed E-state index contributed by atoms with van der Waals surface area (Å²) in [4.78, 5) is 4.22. The lowest BCUT2D eigenvalue weighted by atomic mass is 9.83. The molecule has 0 spiro atoms. The van der Waals surface area contributed by atoms with Crippen LogP contribution in [0.4, 0.5) is 0 Å². The van der Waals surface area contributed by atoms with Crippen molar-refractivity contribution in [1.29, 1.82) is 0 Å². The summed E-state index contributed by atoms with van der Waals surface area (Å²) in [5.74, 6) is 0.465. The number of aliphatic hydroxyl groups excluding tert-OH is 1. The van der Waals surface area contributed by atoms with E-state index < -0.39 is 0 Å². The van der Waals surface area contributed by atoms with Gasteiger partial charge in [0, 0.05) is 12.0 Å². The summed E-state index contributed by atoms with van der Waals surface area (Å²) in [5.41, 5.74) is 5.52. The molecule has 4 nitrogen and oxygen atoms in total. The van der Waals surface area contributed by atoms with Crippen molar-refractivity contribution < 1.29 is 5.11 Å². The molecule has 0 fully saturated rings. The van der Waals surface area contributed by atoms with Crippen molar-refractivity contribution in [2.75, 3.05) is 19.7 Å². The van der Waals surface area contributed by atoms with E-state index in [1.165, 1.54) is 0 Å². The lowest BCUT2D eigenvalue weighted by molar-refractivity contribution is 0.123. The van der Waals surface area contributed by atoms with Gasteiger partial charge in [-0.3, -0.25) is 4.99 Å². The molecule has 0 aromatic heterocycles. The number of nitrogens with one attached hydrogen (secondary N) is 1. The Balaban J connectivity index is 4.23. The molecule has 4 heteroatoms. The Hall–Kier alpha value is -0.770. The molecule has 0 atom stereocenters. The number of aliphatic imine (C=N–C) groups is 1. The van der Waals surface area contributed by atoms with Gasteiger partial charge >= 0.3 is 0 Å². The van der Waals surface area contributed by atoms with Crippen LogP contribution in [0.2, 0.25) is 0 Å². The smallest absolute Gasteiger partial charge is 0.188 e. The van der Waals surface area contributed by atoms with Crippen molar-refractivity contribution in [2.45, 2.75) is 33.6 Å². The van der Waals surface area contributed by atoms with Crippen LogP contribution in [0, 0.1) is 5.41 Å². The van der Waals surface area contributed by atoms with Gasteiger partial charge in [0.25, 0.3) is 0 Å². The van der Waals surface area contributed by atoms with E-state index in [1.54, 1.807) is 0 Å². The van der Waals surface area contributed by atoms with Crippen LogP contribution >= 0.6 is 0 Å².